The van der Waals surface area contributed by atoms with Gasteiger partial charge < -0.3 is 5.73 Å². The lowest BCUT2D eigenvalue weighted by atomic mass is 9.98. The molecule has 3 aromatic rings. The molecule has 3 nitrogen and oxygen atoms in total. The molecule has 0 radical (unpaired) electrons. The number of aromatic nitrogens is 1. The molecule has 23 heavy (non-hydrogen) atoms. The third-order valence-electron chi connectivity index (χ3n) is 3.47. The molecule has 112 valence electrons. The molecule has 2 N–H and O–H groups in total. The van der Waals surface area contributed by atoms with Gasteiger partial charge in [0.25, 0.3) is 0 Å². The van der Waals surface area contributed by atoms with E-state index in [4.69, 9.17) is 5.73 Å². The molecule has 0 aliphatic carbocycles. The molecule has 1 heterocycles. The number of nitrogen functional groups attached to an aromatic ring is 1. The van der Waals surface area contributed by atoms with Gasteiger partial charge in [-0.05, 0) is 24.3 Å². The standard InChI is InChI=1S/C18H11F2N3/c19-15-7-3-1-5-11(15)13-9-17(23-18(22)14(13)10-21)12-6-2-4-8-16(12)20/h1-9H,(H2,22,23). The van der Waals surface area contributed by atoms with Crippen molar-refractivity contribution >= 4 is 5.82 Å². The number of nitrogens with two attached hydrogens (primary N) is 1. The van der Waals surface area contributed by atoms with Crippen LogP contribution in [0.25, 0.3) is 22.4 Å². The number of anilines is 1. The number of hydrogen-bond donors (Lipinski definition) is 1. The highest BCUT2D eigenvalue weighted by Crippen LogP contribution is 2.33. The van der Waals surface area contributed by atoms with Crippen molar-refractivity contribution in [2.45, 2.75) is 0 Å². The van der Waals surface area contributed by atoms with Gasteiger partial charge in [-0.3, -0.25) is 0 Å². The van der Waals surface area contributed by atoms with Gasteiger partial charge in [0.05, 0.1) is 5.69 Å². The second kappa shape index (κ2) is 5.85. The molecular weight excluding hydrogens is 296 g/mol. The van der Waals surface area contributed by atoms with Crippen molar-refractivity contribution in [2.75, 3.05) is 5.73 Å². The number of pyridine rings is 1. The van der Waals surface area contributed by atoms with Crippen LogP contribution in [0.5, 0.6) is 0 Å². The van der Waals surface area contributed by atoms with Crippen LogP contribution in [0.3, 0.4) is 0 Å². The fourth-order valence-corrected chi connectivity index (χ4v) is 2.38. The average molecular weight is 307 g/mol. The fraction of sp³-hybridized carbons (Fsp3) is 0. The van der Waals surface area contributed by atoms with Crippen LogP contribution in [-0.2, 0) is 0 Å². The summed E-state index contributed by atoms with van der Waals surface area (Å²) in [6.07, 6.45) is 0. The van der Waals surface area contributed by atoms with Crippen LogP contribution < -0.4 is 5.73 Å². The number of benzene rings is 2. The monoisotopic (exact) mass is 307 g/mol. The minimum absolute atomic E-state index is 0.0634. The molecule has 3 rings (SSSR count). The summed E-state index contributed by atoms with van der Waals surface area (Å²) in [7, 11) is 0. The number of nitrogens with zero attached hydrogens (tertiary/aromatic N) is 2. The Labute approximate surface area is 131 Å². The molecule has 0 atom stereocenters. The van der Waals surface area contributed by atoms with Gasteiger partial charge in [0.2, 0.25) is 0 Å². The predicted octanol–water partition coefficient (Wildman–Crippen LogP) is 4.15. The van der Waals surface area contributed by atoms with Crippen molar-refractivity contribution in [3.05, 3.63) is 71.8 Å². The van der Waals surface area contributed by atoms with E-state index in [-0.39, 0.29) is 33.8 Å². The third kappa shape index (κ3) is 2.62. The zero-order valence-electron chi connectivity index (χ0n) is 11.9. The second-order valence-electron chi connectivity index (χ2n) is 4.89. The van der Waals surface area contributed by atoms with Gasteiger partial charge in [-0.1, -0.05) is 30.3 Å². The van der Waals surface area contributed by atoms with Crippen LogP contribution >= 0.6 is 0 Å². The van der Waals surface area contributed by atoms with Crippen molar-refractivity contribution in [1.29, 1.82) is 5.26 Å². The van der Waals surface area contributed by atoms with Crippen molar-refractivity contribution < 1.29 is 8.78 Å². The van der Waals surface area contributed by atoms with Gasteiger partial charge in [-0.25, -0.2) is 13.8 Å². The van der Waals surface area contributed by atoms with Gasteiger partial charge >= 0.3 is 0 Å². The van der Waals surface area contributed by atoms with Crippen LogP contribution in [0.2, 0.25) is 0 Å². The largest absolute Gasteiger partial charge is 0.383 e. The molecule has 2 aromatic carbocycles. The summed E-state index contributed by atoms with van der Waals surface area (Å²) in [4.78, 5) is 4.08. The van der Waals surface area contributed by atoms with E-state index in [1.54, 1.807) is 30.3 Å². The summed E-state index contributed by atoms with van der Waals surface area (Å²) < 4.78 is 28.1. The number of rotatable bonds is 2. The molecule has 0 unspecified atom stereocenters. The first-order valence-corrected chi connectivity index (χ1v) is 6.82. The minimum Gasteiger partial charge on any atom is -0.383 e. The summed E-state index contributed by atoms with van der Waals surface area (Å²) in [5.74, 6) is -1.02. The minimum atomic E-state index is -0.492. The third-order valence-corrected chi connectivity index (χ3v) is 3.47. The maximum atomic E-state index is 14.1. The Balaban J connectivity index is 2.30. The zero-order valence-corrected chi connectivity index (χ0v) is 11.9. The fourth-order valence-electron chi connectivity index (χ4n) is 2.38. The number of nitriles is 1. The van der Waals surface area contributed by atoms with E-state index in [0.29, 0.717) is 0 Å². The van der Waals surface area contributed by atoms with Crippen LogP contribution in [0.15, 0.2) is 54.6 Å². The summed E-state index contributed by atoms with van der Waals surface area (Å²) in [6, 6.07) is 15.5. The summed E-state index contributed by atoms with van der Waals surface area (Å²) in [6.45, 7) is 0. The highest BCUT2D eigenvalue weighted by atomic mass is 19.1. The summed E-state index contributed by atoms with van der Waals surface area (Å²) in [5.41, 5.74) is 6.89. The molecule has 0 fully saturated rings. The predicted molar refractivity (Wildman–Crippen MR) is 84.2 cm³/mol. The highest BCUT2D eigenvalue weighted by Gasteiger charge is 2.17. The van der Waals surface area contributed by atoms with Crippen molar-refractivity contribution in [1.82, 2.24) is 4.98 Å². The lowest BCUT2D eigenvalue weighted by Gasteiger charge is -2.11. The Morgan fingerprint density at radius 3 is 2.00 bits per heavy atom. The topological polar surface area (TPSA) is 62.7 Å². The molecular formula is C18H11F2N3. The van der Waals surface area contributed by atoms with Gasteiger partial charge in [0.1, 0.15) is 29.1 Å². The zero-order chi connectivity index (χ0) is 16.4. The van der Waals surface area contributed by atoms with Crippen LogP contribution in [0.1, 0.15) is 5.56 Å². The number of halogens is 2. The van der Waals surface area contributed by atoms with E-state index in [2.05, 4.69) is 4.98 Å². The first-order valence-electron chi connectivity index (χ1n) is 6.82. The first kappa shape index (κ1) is 14.7. The van der Waals surface area contributed by atoms with Crippen molar-refractivity contribution in [3.8, 4) is 28.5 Å². The molecule has 0 aliphatic rings. The van der Waals surface area contributed by atoms with Crippen molar-refractivity contribution in [2.24, 2.45) is 0 Å². The SMILES string of the molecule is N#Cc1c(-c2ccccc2F)cc(-c2ccccc2F)nc1N. The van der Waals surface area contributed by atoms with Crippen molar-refractivity contribution in [3.63, 3.8) is 0 Å². The molecule has 1 aromatic heterocycles. The lowest BCUT2D eigenvalue weighted by molar-refractivity contribution is 0.630. The first-order chi connectivity index (χ1) is 11.1. The van der Waals surface area contributed by atoms with E-state index < -0.39 is 11.6 Å². The maximum Gasteiger partial charge on any atom is 0.142 e. The Bertz CT molecular complexity index is 930. The highest BCUT2D eigenvalue weighted by molar-refractivity contribution is 5.80. The molecule has 0 aliphatic heterocycles. The Hall–Kier alpha value is -3.26. The normalized spacial score (nSPS) is 10.3. The van der Waals surface area contributed by atoms with Crippen LogP contribution in [-0.4, -0.2) is 4.98 Å². The lowest BCUT2D eigenvalue weighted by Crippen LogP contribution is -2.01. The van der Waals surface area contributed by atoms with Gasteiger partial charge in [-0.15, -0.1) is 0 Å². The van der Waals surface area contributed by atoms with E-state index >= 15 is 0 Å². The van der Waals surface area contributed by atoms with E-state index in [9.17, 15) is 14.0 Å². The average Bonchev–Trinajstić information content (AvgIpc) is 2.55. The molecule has 0 saturated heterocycles. The van der Waals surface area contributed by atoms with Gasteiger partial charge in [-0.2, -0.15) is 5.26 Å². The Morgan fingerprint density at radius 2 is 1.43 bits per heavy atom. The molecule has 0 spiro atoms. The van der Waals surface area contributed by atoms with E-state index in [1.165, 1.54) is 24.3 Å². The van der Waals surface area contributed by atoms with E-state index in [1.807, 2.05) is 6.07 Å². The summed E-state index contributed by atoms with van der Waals surface area (Å²) in [5, 5.41) is 9.30. The second-order valence-corrected chi connectivity index (χ2v) is 4.89. The van der Waals surface area contributed by atoms with Crippen LogP contribution in [0.4, 0.5) is 14.6 Å². The molecule has 0 bridgehead atoms. The van der Waals surface area contributed by atoms with E-state index in [0.717, 1.165) is 0 Å². The summed E-state index contributed by atoms with van der Waals surface area (Å²) >= 11 is 0. The smallest absolute Gasteiger partial charge is 0.142 e. The quantitative estimate of drug-likeness (QED) is 0.773. The van der Waals surface area contributed by atoms with Gasteiger partial charge in [0, 0.05) is 16.7 Å². The Kier molecular flexibility index (Phi) is 3.73. The number of hydrogen-bond acceptors (Lipinski definition) is 3. The Morgan fingerprint density at radius 1 is 0.870 bits per heavy atom. The molecule has 0 saturated carbocycles. The van der Waals surface area contributed by atoms with Crippen LogP contribution in [0, 0.1) is 23.0 Å². The van der Waals surface area contributed by atoms with Gasteiger partial charge in [0.15, 0.2) is 0 Å². The maximum absolute atomic E-state index is 14.1. The molecule has 0 amide bonds. The molecule has 5 heteroatoms.